The van der Waals surface area contributed by atoms with Gasteiger partial charge in [-0.05, 0) is 42.0 Å². The molecule has 2 aromatic heterocycles. The van der Waals surface area contributed by atoms with Crippen molar-refractivity contribution in [1.29, 1.82) is 0 Å². The average Bonchev–Trinajstić information content (AvgIpc) is 3.18. The lowest BCUT2D eigenvalue weighted by molar-refractivity contribution is 0.355. The summed E-state index contributed by atoms with van der Waals surface area (Å²) in [6.07, 6.45) is 4.63. The molecule has 2 heterocycles. The van der Waals surface area contributed by atoms with Gasteiger partial charge in [-0.15, -0.1) is 0 Å². The molecule has 29 heavy (non-hydrogen) atoms. The Labute approximate surface area is 165 Å². The topological polar surface area (TPSA) is 86.5 Å². The molecule has 8 nitrogen and oxygen atoms in total. The highest BCUT2D eigenvalue weighted by atomic mass is 19.1. The van der Waals surface area contributed by atoms with Gasteiger partial charge in [0, 0.05) is 0 Å². The summed E-state index contributed by atoms with van der Waals surface area (Å²) in [6.45, 7) is 0. The van der Waals surface area contributed by atoms with Gasteiger partial charge in [0.05, 0.1) is 37.7 Å². The number of hydrogen-bond donors (Lipinski definition) is 1. The fourth-order valence-corrected chi connectivity index (χ4v) is 2.83. The number of fused-ring (bicyclic) bond motifs is 1. The standard InChI is InChI=1S/C20H17FN6O2/c1-28-17-7-6-13(8-18(17)29-2)10-24-26-19-16-11-25-27(20(16)23-12-22-19)15-5-3-4-14(21)9-15/h3-12H,1-2H3,(H,22,23,26). The number of benzene rings is 2. The Kier molecular flexibility index (Phi) is 5.02. The number of halogens is 1. The van der Waals surface area contributed by atoms with E-state index >= 15 is 0 Å². The average molecular weight is 392 g/mol. The van der Waals surface area contributed by atoms with Crippen molar-refractivity contribution in [2.45, 2.75) is 0 Å². The largest absolute Gasteiger partial charge is 0.493 e. The van der Waals surface area contributed by atoms with Crippen molar-refractivity contribution in [3.8, 4) is 17.2 Å². The second-order valence-electron chi connectivity index (χ2n) is 5.98. The van der Waals surface area contributed by atoms with Gasteiger partial charge >= 0.3 is 0 Å². The van der Waals surface area contributed by atoms with Crippen molar-refractivity contribution in [3.63, 3.8) is 0 Å². The summed E-state index contributed by atoms with van der Waals surface area (Å²) in [5.74, 6) is 1.38. The second kappa shape index (κ2) is 7.93. The molecule has 0 amide bonds. The molecule has 0 atom stereocenters. The molecule has 0 radical (unpaired) electrons. The number of nitrogens with one attached hydrogen (secondary N) is 1. The molecule has 0 spiro atoms. The van der Waals surface area contributed by atoms with E-state index in [0.29, 0.717) is 34.0 Å². The van der Waals surface area contributed by atoms with E-state index in [1.54, 1.807) is 49.5 Å². The lowest BCUT2D eigenvalue weighted by Gasteiger charge is -2.07. The molecule has 0 aliphatic rings. The molecule has 1 N–H and O–H groups in total. The summed E-state index contributed by atoms with van der Waals surface area (Å²) in [5.41, 5.74) is 4.82. The van der Waals surface area contributed by atoms with Crippen molar-refractivity contribution < 1.29 is 13.9 Å². The fraction of sp³-hybridized carbons (Fsp3) is 0.100. The zero-order valence-electron chi connectivity index (χ0n) is 15.7. The normalized spacial score (nSPS) is 11.1. The number of hydrazone groups is 1. The van der Waals surface area contributed by atoms with Crippen LogP contribution in [0.25, 0.3) is 16.7 Å². The molecule has 0 saturated carbocycles. The minimum Gasteiger partial charge on any atom is -0.493 e. The molecule has 0 aliphatic carbocycles. The highest BCUT2D eigenvalue weighted by molar-refractivity contribution is 5.88. The number of ether oxygens (including phenoxy) is 2. The fourth-order valence-electron chi connectivity index (χ4n) is 2.83. The van der Waals surface area contributed by atoms with Crippen LogP contribution in [0.3, 0.4) is 0 Å². The number of methoxy groups -OCH3 is 2. The minimum atomic E-state index is -0.349. The Morgan fingerprint density at radius 3 is 2.72 bits per heavy atom. The van der Waals surface area contributed by atoms with Gasteiger partial charge in [-0.3, -0.25) is 5.43 Å². The van der Waals surface area contributed by atoms with Crippen molar-refractivity contribution in [2.24, 2.45) is 5.10 Å². The van der Waals surface area contributed by atoms with Gasteiger partial charge in [0.2, 0.25) is 0 Å². The lowest BCUT2D eigenvalue weighted by atomic mass is 10.2. The zero-order valence-corrected chi connectivity index (χ0v) is 15.7. The van der Waals surface area contributed by atoms with Crippen molar-refractivity contribution in [3.05, 3.63) is 66.4 Å². The number of aromatic nitrogens is 4. The molecule has 0 bridgehead atoms. The van der Waals surface area contributed by atoms with Crippen LogP contribution in [0.1, 0.15) is 5.56 Å². The summed E-state index contributed by atoms with van der Waals surface area (Å²) < 4.78 is 25.6. The third kappa shape index (κ3) is 3.70. The first kappa shape index (κ1) is 18.4. The van der Waals surface area contributed by atoms with Crippen LogP contribution in [-0.4, -0.2) is 40.2 Å². The number of rotatable bonds is 6. The maximum atomic E-state index is 13.5. The Morgan fingerprint density at radius 1 is 1.07 bits per heavy atom. The van der Waals surface area contributed by atoms with Crippen LogP contribution in [0.4, 0.5) is 10.2 Å². The summed E-state index contributed by atoms with van der Waals surface area (Å²) in [4.78, 5) is 8.48. The maximum absolute atomic E-state index is 13.5. The van der Waals surface area contributed by atoms with Gasteiger partial charge in [0.25, 0.3) is 0 Å². The quantitative estimate of drug-likeness (QED) is 0.400. The molecule has 146 valence electrons. The van der Waals surface area contributed by atoms with Crippen LogP contribution < -0.4 is 14.9 Å². The molecule has 9 heteroatoms. The monoisotopic (exact) mass is 392 g/mol. The van der Waals surface area contributed by atoms with Crippen LogP contribution >= 0.6 is 0 Å². The van der Waals surface area contributed by atoms with E-state index in [0.717, 1.165) is 5.56 Å². The van der Waals surface area contributed by atoms with Crippen molar-refractivity contribution in [2.75, 3.05) is 19.6 Å². The highest BCUT2D eigenvalue weighted by Gasteiger charge is 2.11. The summed E-state index contributed by atoms with van der Waals surface area (Å²) in [6, 6.07) is 11.6. The molecule has 0 unspecified atom stereocenters. The van der Waals surface area contributed by atoms with E-state index in [1.807, 2.05) is 12.1 Å². The van der Waals surface area contributed by atoms with E-state index in [1.165, 1.54) is 18.5 Å². The molecular weight excluding hydrogens is 375 g/mol. The van der Waals surface area contributed by atoms with E-state index in [9.17, 15) is 4.39 Å². The molecular formula is C20H17FN6O2. The van der Waals surface area contributed by atoms with Crippen LogP contribution in [0.15, 0.2) is 60.1 Å². The first-order chi connectivity index (χ1) is 14.2. The van der Waals surface area contributed by atoms with Crippen molar-refractivity contribution in [1.82, 2.24) is 19.7 Å². The Hall–Kier alpha value is -4.01. The van der Waals surface area contributed by atoms with E-state index in [-0.39, 0.29) is 5.82 Å². The highest BCUT2D eigenvalue weighted by Crippen LogP contribution is 2.27. The van der Waals surface area contributed by atoms with Gasteiger partial charge < -0.3 is 9.47 Å². The Balaban J connectivity index is 1.60. The summed E-state index contributed by atoms with van der Waals surface area (Å²) in [5, 5.41) is 9.18. The number of nitrogens with zero attached hydrogens (tertiary/aromatic N) is 5. The first-order valence-electron chi connectivity index (χ1n) is 8.65. The van der Waals surface area contributed by atoms with Crippen LogP contribution in [0, 0.1) is 5.82 Å². The lowest BCUT2D eigenvalue weighted by Crippen LogP contribution is -2.00. The van der Waals surface area contributed by atoms with Crippen LogP contribution in [-0.2, 0) is 0 Å². The predicted molar refractivity (Wildman–Crippen MR) is 107 cm³/mol. The van der Waals surface area contributed by atoms with E-state index in [2.05, 4.69) is 25.6 Å². The zero-order chi connectivity index (χ0) is 20.2. The summed E-state index contributed by atoms with van der Waals surface area (Å²) >= 11 is 0. The molecule has 4 aromatic rings. The Morgan fingerprint density at radius 2 is 1.93 bits per heavy atom. The third-order valence-corrected chi connectivity index (χ3v) is 4.21. The first-order valence-corrected chi connectivity index (χ1v) is 8.65. The molecule has 0 saturated heterocycles. The van der Waals surface area contributed by atoms with Gasteiger partial charge in [-0.25, -0.2) is 19.0 Å². The molecule has 4 rings (SSSR count). The second-order valence-corrected chi connectivity index (χ2v) is 5.98. The smallest absolute Gasteiger partial charge is 0.168 e. The number of hydrogen-bond acceptors (Lipinski definition) is 7. The predicted octanol–water partition coefficient (Wildman–Crippen LogP) is 3.42. The van der Waals surface area contributed by atoms with Crippen LogP contribution in [0.2, 0.25) is 0 Å². The number of anilines is 1. The van der Waals surface area contributed by atoms with E-state index in [4.69, 9.17) is 9.47 Å². The van der Waals surface area contributed by atoms with Gasteiger partial charge in [0.15, 0.2) is 23.0 Å². The van der Waals surface area contributed by atoms with Gasteiger partial charge in [-0.2, -0.15) is 10.2 Å². The maximum Gasteiger partial charge on any atom is 0.168 e. The third-order valence-electron chi connectivity index (χ3n) is 4.21. The van der Waals surface area contributed by atoms with Crippen LogP contribution in [0.5, 0.6) is 11.5 Å². The molecule has 0 aliphatic heterocycles. The summed E-state index contributed by atoms with van der Waals surface area (Å²) in [7, 11) is 3.16. The SMILES string of the molecule is COc1ccc(C=NNc2ncnc3c2cnn3-c2cccc(F)c2)cc1OC. The van der Waals surface area contributed by atoms with E-state index < -0.39 is 0 Å². The van der Waals surface area contributed by atoms with Gasteiger partial charge in [-0.1, -0.05) is 6.07 Å². The van der Waals surface area contributed by atoms with Crippen molar-refractivity contribution >= 4 is 23.1 Å². The molecule has 0 fully saturated rings. The Bertz CT molecular complexity index is 1190. The molecule has 2 aromatic carbocycles. The minimum absolute atomic E-state index is 0.349. The van der Waals surface area contributed by atoms with Gasteiger partial charge in [0.1, 0.15) is 12.1 Å².